The Balaban J connectivity index is 2.14. The first-order valence-corrected chi connectivity index (χ1v) is 8.37. The summed E-state index contributed by atoms with van der Waals surface area (Å²) in [5, 5.41) is 13.2. The Morgan fingerprint density at radius 2 is 2.04 bits per heavy atom. The summed E-state index contributed by atoms with van der Waals surface area (Å²) >= 11 is 0. The molecule has 0 aliphatic heterocycles. The van der Waals surface area contributed by atoms with Gasteiger partial charge < -0.3 is 10.4 Å². The Kier molecular flexibility index (Phi) is 4.51. The lowest BCUT2D eigenvalue weighted by atomic mass is 9.64. The van der Waals surface area contributed by atoms with Gasteiger partial charge in [0.2, 0.25) is 0 Å². The summed E-state index contributed by atoms with van der Waals surface area (Å²) in [6.45, 7) is 2.19. The van der Waals surface area contributed by atoms with Gasteiger partial charge in [0.25, 0.3) is 0 Å². The monoisotopic (exact) mass is 325 g/mol. The third-order valence-corrected chi connectivity index (χ3v) is 5.31. The van der Waals surface area contributed by atoms with Gasteiger partial charge in [-0.25, -0.2) is 4.98 Å². The number of pyridine rings is 2. The number of carbonyl (C=O) groups is 1. The molecule has 0 bridgehead atoms. The molecule has 0 aromatic carbocycles. The van der Waals surface area contributed by atoms with E-state index in [4.69, 9.17) is 0 Å². The third-order valence-electron chi connectivity index (χ3n) is 5.31. The largest absolute Gasteiger partial charge is 0.481 e. The third kappa shape index (κ3) is 2.98. The smallest absolute Gasteiger partial charge is 0.306 e. The van der Waals surface area contributed by atoms with Gasteiger partial charge >= 0.3 is 5.97 Å². The van der Waals surface area contributed by atoms with Crippen LogP contribution in [0.2, 0.25) is 0 Å². The summed E-state index contributed by atoms with van der Waals surface area (Å²) in [7, 11) is 0. The van der Waals surface area contributed by atoms with Crippen molar-refractivity contribution in [2.24, 2.45) is 5.41 Å². The number of hydrogen-bond donors (Lipinski definition) is 2. The van der Waals surface area contributed by atoms with Crippen LogP contribution in [0.4, 0.5) is 5.82 Å². The quantitative estimate of drug-likeness (QED) is 0.844. The lowest BCUT2D eigenvalue weighted by Crippen LogP contribution is -2.50. The van der Waals surface area contributed by atoms with Crippen LogP contribution < -0.4 is 5.32 Å². The SMILES string of the molecule is CC1(C(CC(=O)O)(Nc2ccccn2)c2cccnc2)CCCC1. The molecule has 2 heterocycles. The molecule has 1 aliphatic rings. The van der Waals surface area contributed by atoms with E-state index in [1.165, 1.54) is 0 Å². The molecular weight excluding hydrogens is 302 g/mol. The van der Waals surface area contributed by atoms with Crippen molar-refractivity contribution in [3.63, 3.8) is 0 Å². The van der Waals surface area contributed by atoms with Gasteiger partial charge in [-0.1, -0.05) is 31.9 Å². The van der Waals surface area contributed by atoms with Crippen molar-refractivity contribution >= 4 is 11.8 Å². The van der Waals surface area contributed by atoms with Crippen LogP contribution in [0.25, 0.3) is 0 Å². The van der Waals surface area contributed by atoms with Crippen LogP contribution in [-0.4, -0.2) is 21.0 Å². The van der Waals surface area contributed by atoms with Crippen molar-refractivity contribution in [1.29, 1.82) is 0 Å². The van der Waals surface area contributed by atoms with E-state index >= 15 is 0 Å². The second kappa shape index (κ2) is 6.59. The molecule has 1 aliphatic carbocycles. The fourth-order valence-electron chi connectivity index (χ4n) is 4.01. The Hall–Kier alpha value is -2.43. The minimum absolute atomic E-state index is 0.00817. The number of hydrogen-bond acceptors (Lipinski definition) is 4. The summed E-state index contributed by atoms with van der Waals surface area (Å²) < 4.78 is 0. The minimum Gasteiger partial charge on any atom is -0.481 e. The van der Waals surface area contributed by atoms with Crippen molar-refractivity contribution in [3.8, 4) is 0 Å². The van der Waals surface area contributed by atoms with Crippen LogP contribution in [0.5, 0.6) is 0 Å². The fourth-order valence-corrected chi connectivity index (χ4v) is 4.01. The van der Waals surface area contributed by atoms with Gasteiger partial charge in [0, 0.05) is 18.6 Å². The number of carboxylic acid groups (broad SMARTS) is 1. The maximum Gasteiger partial charge on any atom is 0.306 e. The number of anilines is 1. The Morgan fingerprint density at radius 1 is 1.25 bits per heavy atom. The zero-order valence-electron chi connectivity index (χ0n) is 13.9. The molecule has 0 radical (unpaired) electrons. The number of rotatable bonds is 6. The summed E-state index contributed by atoms with van der Waals surface area (Å²) in [5.41, 5.74) is -0.00776. The van der Waals surface area contributed by atoms with Crippen molar-refractivity contribution in [2.75, 3.05) is 5.32 Å². The lowest BCUT2D eigenvalue weighted by Gasteiger charge is -2.47. The predicted molar refractivity (Wildman–Crippen MR) is 92.6 cm³/mol. The summed E-state index contributed by atoms with van der Waals surface area (Å²) in [4.78, 5) is 20.4. The van der Waals surface area contributed by atoms with Crippen LogP contribution in [0.15, 0.2) is 48.9 Å². The highest BCUT2D eigenvalue weighted by Crippen LogP contribution is 2.54. The van der Waals surface area contributed by atoms with Gasteiger partial charge in [0.1, 0.15) is 5.82 Å². The van der Waals surface area contributed by atoms with Crippen LogP contribution in [0.1, 0.15) is 44.6 Å². The molecule has 0 spiro atoms. The first-order valence-electron chi connectivity index (χ1n) is 8.37. The van der Waals surface area contributed by atoms with Crippen molar-refractivity contribution in [1.82, 2.24) is 9.97 Å². The molecule has 5 heteroatoms. The van der Waals surface area contributed by atoms with Crippen LogP contribution in [0, 0.1) is 5.41 Å². The number of aliphatic carboxylic acids is 1. The molecule has 3 rings (SSSR count). The Bertz CT molecular complexity index is 684. The topological polar surface area (TPSA) is 75.1 Å². The van der Waals surface area contributed by atoms with Gasteiger partial charge in [-0.2, -0.15) is 0 Å². The molecule has 1 saturated carbocycles. The molecule has 2 aromatic rings. The van der Waals surface area contributed by atoms with E-state index in [2.05, 4.69) is 22.2 Å². The molecule has 24 heavy (non-hydrogen) atoms. The number of aromatic nitrogens is 2. The average molecular weight is 325 g/mol. The number of nitrogens with one attached hydrogen (secondary N) is 1. The molecule has 2 aromatic heterocycles. The van der Waals surface area contributed by atoms with E-state index < -0.39 is 11.5 Å². The molecular formula is C19H23N3O2. The first kappa shape index (κ1) is 16.4. The highest BCUT2D eigenvalue weighted by molar-refractivity contribution is 5.70. The van der Waals surface area contributed by atoms with Gasteiger partial charge in [-0.3, -0.25) is 9.78 Å². The van der Waals surface area contributed by atoms with Crippen molar-refractivity contribution in [2.45, 2.75) is 44.6 Å². The average Bonchev–Trinajstić information content (AvgIpc) is 3.04. The van der Waals surface area contributed by atoms with Gasteiger partial charge in [-0.05, 0) is 42.0 Å². The van der Waals surface area contributed by atoms with Gasteiger partial charge in [0.15, 0.2) is 0 Å². The minimum atomic E-state index is -0.824. The number of carboxylic acids is 1. The van der Waals surface area contributed by atoms with Crippen LogP contribution >= 0.6 is 0 Å². The molecule has 5 nitrogen and oxygen atoms in total. The molecule has 126 valence electrons. The Labute approximate surface area is 142 Å². The van der Waals surface area contributed by atoms with Gasteiger partial charge in [-0.15, -0.1) is 0 Å². The van der Waals surface area contributed by atoms with E-state index in [0.717, 1.165) is 31.2 Å². The molecule has 0 saturated heterocycles. The highest BCUT2D eigenvalue weighted by Gasteiger charge is 2.52. The van der Waals surface area contributed by atoms with E-state index in [0.29, 0.717) is 5.82 Å². The van der Waals surface area contributed by atoms with Crippen LogP contribution in [-0.2, 0) is 10.3 Å². The summed E-state index contributed by atoms with van der Waals surface area (Å²) in [5.74, 6) is -0.133. The predicted octanol–water partition coefficient (Wildman–Crippen LogP) is 3.84. The maximum absolute atomic E-state index is 11.8. The molecule has 1 atom stereocenters. The van der Waals surface area contributed by atoms with Gasteiger partial charge in [0.05, 0.1) is 12.0 Å². The molecule has 1 unspecified atom stereocenters. The zero-order valence-corrected chi connectivity index (χ0v) is 13.9. The second-order valence-electron chi connectivity index (χ2n) is 6.83. The van der Waals surface area contributed by atoms with Crippen molar-refractivity contribution in [3.05, 3.63) is 54.5 Å². The second-order valence-corrected chi connectivity index (χ2v) is 6.83. The standard InChI is InChI=1S/C19H23N3O2/c1-18(9-3-4-10-18)19(13-17(23)24,15-7-6-11-20-14-15)22-16-8-2-5-12-21-16/h2,5-8,11-12,14H,3-4,9-10,13H2,1H3,(H,21,22)(H,23,24). The van der Waals surface area contributed by atoms with E-state index in [1.807, 2.05) is 30.3 Å². The summed E-state index contributed by atoms with van der Waals surface area (Å²) in [6, 6.07) is 9.47. The van der Waals surface area contributed by atoms with Crippen molar-refractivity contribution < 1.29 is 9.90 Å². The first-order chi connectivity index (χ1) is 11.6. The normalized spacial score (nSPS) is 18.7. The van der Waals surface area contributed by atoms with Crippen LogP contribution in [0.3, 0.4) is 0 Å². The maximum atomic E-state index is 11.8. The zero-order chi connectivity index (χ0) is 17.0. The van der Waals surface area contributed by atoms with E-state index in [1.54, 1.807) is 18.6 Å². The van der Waals surface area contributed by atoms with E-state index in [-0.39, 0.29) is 11.8 Å². The summed E-state index contributed by atoms with van der Waals surface area (Å²) in [6.07, 6.45) is 9.39. The number of nitrogens with zero attached hydrogens (tertiary/aromatic N) is 2. The fraction of sp³-hybridized carbons (Fsp3) is 0.421. The highest BCUT2D eigenvalue weighted by atomic mass is 16.4. The molecule has 1 fully saturated rings. The lowest BCUT2D eigenvalue weighted by molar-refractivity contribution is -0.139. The Morgan fingerprint density at radius 3 is 2.62 bits per heavy atom. The van der Waals surface area contributed by atoms with E-state index in [9.17, 15) is 9.90 Å². The molecule has 0 amide bonds. The molecule has 2 N–H and O–H groups in total.